The van der Waals surface area contributed by atoms with Crippen LogP contribution in [0.1, 0.15) is 17.9 Å². The summed E-state index contributed by atoms with van der Waals surface area (Å²) >= 11 is 0. The van der Waals surface area contributed by atoms with Gasteiger partial charge in [0.1, 0.15) is 17.0 Å². The Bertz CT molecular complexity index is 1600. The van der Waals surface area contributed by atoms with Crippen LogP contribution in [-0.2, 0) is 10.0 Å². The van der Waals surface area contributed by atoms with Crippen LogP contribution in [0.15, 0.2) is 84.4 Å². The van der Waals surface area contributed by atoms with Gasteiger partial charge in [0.15, 0.2) is 5.65 Å². The molecule has 6 rings (SSSR count). The highest BCUT2D eigenvalue weighted by atomic mass is 32.2. The first-order valence-electron chi connectivity index (χ1n) is 11.2. The number of rotatable bonds is 7. The van der Waals surface area contributed by atoms with Crippen LogP contribution >= 0.6 is 0 Å². The molecule has 2 aromatic carbocycles. The maximum Gasteiger partial charge on any atom is 0.243 e. The van der Waals surface area contributed by atoms with Gasteiger partial charge in [0.25, 0.3) is 0 Å². The van der Waals surface area contributed by atoms with Gasteiger partial charge in [-0.3, -0.25) is 5.10 Å². The Kier molecular flexibility index (Phi) is 5.27. The Balaban J connectivity index is 1.18. The molecular formula is C24H22N8O2S. The lowest BCUT2D eigenvalue weighted by atomic mass is 9.98. The smallest absolute Gasteiger partial charge is 0.243 e. The standard InChI is InChI=1S/C24H22N8O2S/c33-35(34,19-12-28-32(15-19)18-6-2-1-3-7-18)29-11-10-17-14-31(22-9-5-4-8-20(17)22)24-21-13-27-30-23(21)25-16-26-24/h1-9,12-13,15-17,29H,10-11,14H2,(H,25,26,27,30). The van der Waals surface area contributed by atoms with Gasteiger partial charge in [0.05, 0.1) is 29.7 Å². The van der Waals surface area contributed by atoms with E-state index < -0.39 is 10.0 Å². The van der Waals surface area contributed by atoms with Crippen molar-refractivity contribution in [3.63, 3.8) is 0 Å². The zero-order valence-electron chi connectivity index (χ0n) is 18.6. The molecule has 35 heavy (non-hydrogen) atoms. The molecular weight excluding hydrogens is 464 g/mol. The minimum absolute atomic E-state index is 0.137. The highest BCUT2D eigenvalue weighted by molar-refractivity contribution is 7.89. The van der Waals surface area contributed by atoms with Gasteiger partial charge in [-0.05, 0) is 30.2 Å². The van der Waals surface area contributed by atoms with Crippen molar-refractivity contribution in [2.24, 2.45) is 0 Å². The largest absolute Gasteiger partial charge is 0.325 e. The molecule has 1 aliphatic heterocycles. The summed E-state index contributed by atoms with van der Waals surface area (Å²) in [6.45, 7) is 0.987. The van der Waals surface area contributed by atoms with Gasteiger partial charge in [0, 0.05) is 24.7 Å². The number of fused-ring (bicyclic) bond motifs is 2. The maximum absolute atomic E-state index is 12.9. The average molecular weight is 487 g/mol. The van der Waals surface area contributed by atoms with E-state index in [1.165, 1.54) is 24.3 Å². The first kappa shape index (κ1) is 21.4. The van der Waals surface area contributed by atoms with Gasteiger partial charge in [-0.1, -0.05) is 36.4 Å². The molecule has 3 aromatic heterocycles. The van der Waals surface area contributed by atoms with Crippen LogP contribution in [0, 0.1) is 0 Å². The lowest BCUT2D eigenvalue weighted by Crippen LogP contribution is -2.26. The predicted octanol–water partition coefficient (Wildman–Crippen LogP) is 3.14. The van der Waals surface area contributed by atoms with E-state index in [1.54, 1.807) is 10.9 Å². The fraction of sp³-hybridized carbons (Fsp3) is 0.167. The number of sulfonamides is 1. The molecule has 0 aliphatic carbocycles. The van der Waals surface area contributed by atoms with Crippen LogP contribution in [0.3, 0.4) is 0 Å². The normalized spacial score (nSPS) is 15.5. The molecule has 0 amide bonds. The zero-order valence-corrected chi connectivity index (χ0v) is 19.4. The third-order valence-electron chi connectivity index (χ3n) is 6.23. The minimum atomic E-state index is -3.68. The molecule has 11 heteroatoms. The molecule has 0 radical (unpaired) electrons. The van der Waals surface area contributed by atoms with Crippen molar-refractivity contribution >= 4 is 32.6 Å². The number of para-hydroxylation sites is 2. The number of hydrogen-bond acceptors (Lipinski definition) is 7. The van der Waals surface area contributed by atoms with E-state index in [0.29, 0.717) is 25.2 Å². The van der Waals surface area contributed by atoms with Crippen LogP contribution in [0.5, 0.6) is 0 Å². The second-order valence-corrected chi connectivity index (χ2v) is 10.1. The van der Waals surface area contributed by atoms with E-state index in [-0.39, 0.29) is 10.8 Å². The molecule has 5 aromatic rings. The number of H-pyrrole nitrogens is 1. The number of hydrogen-bond donors (Lipinski definition) is 2. The highest BCUT2D eigenvalue weighted by Crippen LogP contribution is 2.42. The fourth-order valence-electron chi connectivity index (χ4n) is 4.53. The molecule has 1 aliphatic rings. The van der Waals surface area contributed by atoms with Crippen molar-refractivity contribution in [1.29, 1.82) is 0 Å². The minimum Gasteiger partial charge on any atom is -0.325 e. The number of nitrogens with zero attached hydrogens (tertiary/aromatic N) is 6. The van der Waals surface area contributed by atoms with Gasteiger partial charge in [-0.15, -0.1) is 0 Å². The van der Waals surface area contributed by atoms with Crippen LogP contribution < -0.4 is 9.62 Å². The summed E-state index contributed by atoms with van der Waals surface area (Å²) in [5.74, 6) is 0.922. The second-order valence-electron chi connectivity index (χ2n) is 8.34. The molecule has 1 atom stereocenters. The summed E-state index contributed by atoms with van der Waals surface area (Å²) in [5.41, 5.74) is 3.71. The number of aromatic nitrogens is 6. The molecule has 10 nitrogen and oxygen atoms in total. The molecule has 2 N–H and O–H groups in total. The molecule has 0 saturated carbocycles. The van der Waals surface area contributed by atoms with E-state index in [1.807, 2.05) is 42.5 Å². The van der Waals surface area contributed by atoms with Gasteiger partial charge < -0.3 is 4.90 Å². The summed E-state index contributed by atoms with van der Waals surface area (Å²) < 4.78 is 30.1. The van der Waals surface area contributed by atoms with Gasteiger partial charge in [-0.25, -0.2) is 27.8 Å². The summed E-state index contributed by atoms with van der Waals surface area (Å²) in [6, 6.07) is 17.6. The Morgan fingerprint density at radius 3 is 2.74 bits per heavy atom. The zero-order chi connectivity index (χ0) is 23.8. The molecule has 1 unspecified atom stereocenters. The topological polar surface area (TPSA) is 122 Å². The van der Waals surface area contributed by atoms with Crippen molar-refractivity contribution in [3.8, 4) is 5.69 Å². The quantitative estimate of drug-likeness (QED) is 0.362. The summed E-state index contributed by atoms with van der Waals surface area (Å²) in [6.07, 6.45) is 6.78. The first-order chi connectivity index (χ1) is 17.1. The van der Waals surface area contributed by atoms with Crippen LogP contribution in [0.25, 0.3) is 16.7 Å². The van der Waals surface area contributed by atoms with Crippen molar-refractivity contribution < 1.29 is 8.42 Å². The van der Waals surface area contributed by atoms with E-state index in [0.717, 1.165) is 22.6 Å². The summed E-state index contributed by atoms with van der Waals surface area (Å²) in [4.78, 5) is 11.0. The Labute approximate surface area is 201 Å². The van der Waals surface area contributed by atoms with Crippen LogP contribution in [-0.4, -0.2) is 51.5 Å². The molecule has 0 bridgehead atoms. The first-order valence-corrected chi connectivity index (χ1v) is 12.7. The molecule has 4 heterocycles. The van der Waals surface area contributed by atoms with Crippen molar-refractivity contribution in [1.82, 2.24) is 34.7 Å². The second kappa shape index (κ2) is 8.60. The molecule has 0 spiro atoms. The highest BCUT2D eigenvalue weighted by Gasteiger charge is 2.31. The fourth-order valence-corrected chi connectivity index (χ4v) is 5.51. The van der Waals surface area contributed by atoms with Crippen molar-refractivity contribution in [3.05, 3.63) is 85.1 Å². The molecule has 176 valence electrons. The lowest BCUT2D eigenvalue weighted by Gasteiger charge is -2.19. The third kappa shape index (κ3) is 3.94. The number of anilines is 2. The monoisotopic (exact) mass is 486 g/mol. The Hall–Kier alpha value is -4.09. The van der Waals surface area contributed by atoms with E-state index >= 15 is 0 Å². The molecule has 0 saturated heterocycles. The van der Waals surface area contributed by atoms with E-state index in [9.17, 15) is 8.42 Å². The van der Waals surface area contributed by atoms with Crippen molar-refractivity contribution in [2.45, 2.75) is 17.2 Å². The predicted molar refractivity (Wildman–Crippen MR) is 131 cm³/mol. The number of nitrogens with one attached hydrogen (secondary N) is 2. The summed E-state index contributed by atoms with van der Waals surface area (Å²) in [5, 5.41) is 12.0. The maximum atomic E-state index is 12.9. The van der Waals surface area contributed by atoms with Crippen LogP contribution in [0.2, 0.25) is 0 Å². The summed E-state index contributed by atoms with van der Waals surface area (Å²) in [7, 11) is -3.68. The Morgan fingerprint density at radius 1 is 1.03 bits per heavy atom. The Morgan fingerprint density at radius 2 is 1.86 bits per heavy atom. The third-order valence-corrected chi connectivity index (χ3v) is 7.64. The average Bonchev–Trinajstić information content (AvgIpc) is 3.63. The molecule has 0 fully saturated rings. The van der Waals surface area contributed by atoms with Gasteiger partial charge in [0.2, 0.25) is 10.0 Å². The van der Waals surface area contributed by atoms with E-state index in [4.69, 9.17) is 0 Å². The van der Waals surface area contributed by atoms with E-state index in [2.05, 4.69) is 47.0 Å². The SMILES string of the molecule is O=S(=O)(NCCC1CN(c2ncnc3[nH]ncc23)c2ccccc21)c1cnn(-c2ccccc2)c1. The van der Waals surface area contributed by atoms with Crippen molar-refractivity contribution in [2.75, 3.05) is 18.0 Å². The number of aromatic amines is 1. The van der Waals surface area contributed by atoms with Crippen LogP contribution in [0.4, 0.5) is 11.5 Å². The number of benzene rings is 2. The lowest BCUT2D eigenvalue weighted by molar-refractivity contribution is 0.570. The van der Waals surface area contributed by atoms with Gasteiger partial charge >= 0.3 is 0 Å². The van der Waals surface area contributed by atoms with Gasteiger partial charge in [-0.2, -0.15) is 10.2 Å².